The Morgan fingerprint density at radius 2 is 0.762 bits per heavy atom. The molecule has 0 bridgehead atoms. The molecule has 0 unspecified atom stereocenters. The first-order chi connectivity index (χ1) is 40.9. The van der Waals surface area contributed by atoms with E-state index in [1.807, 2.05) is 0 Å². The molecule has 12 aromatic carbocycles. The van der Waals surface area contributed by atoms with Crippen LogP contribution in [0.25, 0.3) is 87.7 Å². The maximum absolute atomic E-state index is 6.88. The van der Waals surface area contributed by atoms with Crippen molar-refractivity contribution in [3.63, 3.8) is 0 Å². The average molecular weight is 1100 g/mol. The third-order valence-electron chi connectivity index (χ3n) is 18.6. The molecule has 2 aromatic heterocycles. The molecule has 1 spiro atoms. The molecular weight excluding hydrogens is 1040 g/mol. The summed E-state index contributed by atoms with van der Waals surface area (Å²) >= 11 is 0. The number of para-hydroxylation sites is 4. The smallest absolute Gasteiger partial charge is 0.159 e. The highest BCUT2D eigenvalue weighted by Gasteiger charge is 2.54. The molecule has 14 aromatic rings. The molecular formula is C79H64N2O2Si. The molecule has 0 aliphatic heterocycles. The number of benzene rings is 12. The van der Waals surface area contributed by atoms with Crippen LogP contribution in [0.3, 0.4) is 0 Å². The van der Waals surface area contributed by atoms with Gasteiger partial charge in [-0.2, -0.15) is 0 Å². The van der Waals surface area contributed by atoms with E-state index >= 15 is 0 Å². The number of nitrogens with zero attached hydrogens (tertiary/aromatic N) is 2. The van der Waals surface area contributed by atoms with E-state index in [2.05, 4.69) is 295 Å². The van der Waals surface area contributed by atoms with Crippen LogP contribution in [0.1, 0.15) is 78.5 Å². The second kappa shape index (κ2) is 18.5. The summed E-state index contributed by atoms with van der Waals surface area (Å²) in [6.07, 6.45) is 0. The van der Waals surface area contributed by atoms with Gasteiger partial charge in [0.25, 0.3) is 0 Å². The van der Waals surface area contributed by atoms with Gasteiger partial charge >= 0.3 is 0 Å². The summed E-state index contributed by atoms with van der Waals surface area (Å²) in [5.41, 5.74) is 23.7. The highest BCUT2D eigenvalue weighted by atomic mass is 28.3. The summed E-state index contributed by atoms with van der Waals surface area (Å²) in [5, 5.41) is 11.0. The first-order valence-electron chi connectivity index (χ1n) is 29.9. The molecule has 4 nitrogen and oxygen atoms in total. The van der Waals surface area contributed by atoms with E-state index in [1.165, 1.54) is 87.9 Å². The van der Waals surface area contributed by atoms with Gasteiger partial charge in [-0.25, -0.2) is 0 Å². The Hall–Kier alpha value is -9.42. The predicted molar refractivity (Wildman–Crippen MR) is 358 cm³/mol. The van der Waals surface area contributed by atoms with Crippen molar-refractivity contribution in [3.05, 3.63) is 269 Å². The number of aryl methyl sites for hydroxylation is 1. The van der Waals surface area contributed by atoms with Crippen LogP contribution >= 0.6 is 0 Å². The van der Waals surface area contributed by atoms with Crippen molar-refractivity contribution in [2.24, 2.45) is 0 Å². The van der Waals surface area contributed by atoms with E-state index in [-0.39, 0.29) is 11.8 Å². The lowest BCUT2D eigenvalue weighted by molar-refractivity contribution is 0.668. The van der Waals surface area contributed by atoms with Gasteiger partial charge in [-0.3, -0.25) is 0 Å². The second-order valence-electron chi connectivity index (χ2n) is 25.2. The molecule has 406 valence electrons. The Kier molecular flexibility index (Phi) is 11.1. The summed E-state index contributed by atoms with van der Waals surface area (Å²) < 4.78 is 13.7. The van der Waals surface area contributed by atoms with Crippen LogP contribution < -0.4 is 15.0 Å². The number of furan rings is 2. The Morgan fingerprint density at radius 1 is 0.357 bits per heavy atom. The summed E-state index contributed by atoms with van der Waals surface area (Å²) in [6, 6.07) is 86.7. The largest absolute Gasteiger partial charge is 0.454 e. The van der Waals surface area contributed by atoms with E-state index in [9.17, 15) is 0 Å². The van der Waals surface area contributed by atoms with Gasteiger partial charge in [-0.15, -0.1) is 0 Å². The normalized spacial score (nSPS) is 13.3. The van der Waals surface area contributed by atoms with Gasteiger partial charge in [0.05, 0.1) is 24.9 Å². The number of rotatable bonds is 9. The average Bonchev–Trinajstić information content (AvgIpc) is 1.52. The minimum Gasteiger partial charge on any atom is -0.454 e. The van der Waals surface area contributed by atoms with Gasteiger partial charge in [0, 0.05) is 44.3 Å². The zero-order chi connectivity index (χ0) is 56.9. The van der Waals surface area contributed by atoms with Crippen molar-refractivity contribution in [3.8, 4) is 22.3 Å². The van der Waals surface area contributed by atoms with Gasteiger partial charge in [0.2, 0.25) is 0 Å². The zero-order valence-electron chi connectivity index (χ0n) is 48.8. The van der Waals surface area contributed by atoms with Gasteiger partial charge in [0.15, 0.2) is 11.2 Å². The van der Waals surface area contributed by atoms with E-state index in [0.717, 1.165) is 78.0 Å². The molecule has 0 amide bonds. The Balaban J connectivity index is 0.976. The molecule has 5 heteroatoms. The number of hydrogen-bond donors (Lipinski definition) is 0. The molecule has 84 heavy (non-hydrogen) atoms. The van der Waals surface area contributed by atoms with Gasteiger partial charge < -0.3 is 18.6 Å². The van der Waals surface area contributed by atoms with Crippen LogP contribution in [0.5, 0.6) is 0 Å². The highest BCUT2D eigenvalue weighted by Crippen LogP contribution is 2.67. The SMILES string of the molecule is Cc1ccc(N(c2ccc3c4c(cc(C(C)C)c3c2)-c2cc(C(C)C)c3cc(N(c5ccc([Si](C)(C)C)cc5)c5cccc6c5oc5ccccc56)ccc3c2C42c3ccccc3-c3ccccc32)c2cccc3c2oc2ccccc23)cc1. The lowest BCUT2D eigenvalue weighted by Gasteiger charge is -2.34. The molecule has 0 radical (unpaired) electrons. The highest BCUT2D eigenvalue weighted by molar-refractivity contribution is 6.88. The fraction of sp³-hybridized carbons (Fsp3) is 0.139. The first-order valence-corrected chi connectivity index (χ1v) is 33.4. The Labute approximate surface area is 491 Å². The van der Waals surface area contributed by atoms with Crippen LogP contribution in [0.2, 0.25) is 19.6 Å². The molecule has 0 fully saturated rings. The maximum Gasteiger partial charge on any atom is 0.159 e. The van der Waals surface area contributed by atoms with Crippen molar-refractivity contribution >= 4 is 113 Å². The van der Waals surface area contributed by atoms with E-state index < -0.39 is 13.5 Å². The standard InChI is InChI=1S/C79H64N2O2Si/c1-47(2)63-45-67-68-46-64(48(3)4)66-44-53(81(51-35-39-54(40-36-51)84(6,7)8)72-28-18-24-62-58-22-12-16-30-74(58)83-78(62)72)38-42-60(66)76(68)79(69-25-13-9-19-55(69)56-20-10-14-26-70(56)79)75(67)59-41-37-52(43-65(59)63)80(50-33-31-49(5)32-34-50)71-27-17-23-61-57-21-11-15-29-73(57)82-77(61)71/h9-48H,1-8H3. The third-order valence-corrected chi connectivity index (χ3v) is 20.7. The van der Waals surface area contributed by atoms with Gasteiger partial charge in [-0.1, -0.05) is 204 Å². The lowest BCUT2D eigenvalue weighted by atomic mass is 9.67. The quantitative estimate of drug-likeness (QED) is 0.135. The molecule has 2 aliphatic carbocycles. The van der Waals surface area contributed by atoms with Crippen LogP contribution in [0.15, 0.2) is 239 Å². The number of fused-ring (bicyclic) bond motifs is 20. The molecule has 0 atom stereocenters. The van der Waals surface area contributed by atoms with Crippen LogP contribution in [0.4, 0.5) is 34.1 Å². The van der Waals surface area contributed by atoms with Crippen LogP contribution in [0, 0.1) is 6.92 Å². The van der Waals surface area contributed by atoms with Crippen LogP contribution in [-0.4, -0.2) is 8.07 Å². The molecule has 2 aliphatic rings. The lowest BCUT2D eigenvalue weighted by Crippen LogP contribution is -2.37. The second-order valence-corrected chi connectivity index (χ2v) is 30.3. The van der Waals surface area contributed by atoms with E-state index in [4.69, 9.17) is 8.83 Å². The fourth-order valence-electron chi connectivity index (χ4n) is 14.7. The Bertz CT molecular complexity index is 4990. The fourth-order valence-corrected chi connectivity index (χ4v) is 15.9. The van der Waals surface area contributed by atoms with E-state index in [0.29, 0.717) is 0 Å². The number of anilines is 6. The summed E-state index contributed by atoms with van der Waals surface area (Å²) in [6.45, 7) is 18.9. The van der Waals surface area contributed by atoms with Crippen molar-refractivity contribution in [1.29, 1.82) is 0 Å². The van der Waals surface area contributed by atoms with Crippen molar-refractivity contribution < 1.29 is 8.83 Å². The van der Waals surface area contributed by atoms with Crippen molar-refractivity contribution in [2.45, 2.75) is 71.5 Å². The van der Waals surface area contributed by atoms with Gasteiger partial charge in [0.1, 0.15) is 11.2 Å². The molecule has 16 rings (SSSR count). The maximum atomic E-state index is 6.88. The monoisotopic (exact) mass is 1100 g/mol. The number of hydrogen-bond acceptors (Lipinski definition) is 4. The van der Waals surface area contributed by atoms with Crippen molar-refractivity contribution in [2.75, 3.05) is 9.80 Å². The Morgan fingerprint density at radius 3 is 1.21 bits per heavy atom. The topological polar surface area (TPSA) is 32.8 Å². The predicted octanol–water partition coefficient (Wildman–Crippen LogP) is 22.2. The summed E-state index contributed by atoms with van der Waals surface area (Å²) in [4.78, 5) is 4.85. The molecule has 0 N–H and O–H groups in total. The third kappa shape index (κ3) is 7.24. The van der Waals surface area contributed by atoms with E-state index in [1.54, 1.807) is 0 Å². The summed E-state index contributed by atoms with van der Waals surface area (Å²) in [5.74, 6) is 0.438. The van der Waals surface area contributed by atoms with Crippen molar-refractivity contribution in [1.82, 2.24) is 0 Å². The molecule has 0 saturated carbocycles. The first kappa shape index (κ1) is 50.3. The minimum absolute atomic E-state index is 0.219. The van der Waals surface area contributed by atoms with Crippen LogP contribution in [-0.2, 0) is 5.41 Å². The molecule has 2 heterocycles. The minimum atomic E-state index is -1.60. The summed E-state index contributed by atoms with van der Waals surface area (Å²) in [7, 11) is -1.60. The molecule has 0 saturated heterocycles. The zero-order valence-corrected chi connectivity index (χ0v) is 49.8. The van der Waals surface area contributed by atoms with Gasteiger partial charge in [-0.05, 0) is 181 Å².